The smallest absolute Gasteiger partial charge is 0.253 e. The van der Waals surface area contributed by atoms with Crippen molar-refractivity contribution >= 4 is 40.3 Å². The second kappa shape index (κ2) is 10.1. The topological polar surface area (TPSA) is 65.0 Å². The predicted molar refractivity (Wildman–Crippen MR) is 138 cm³/mol. The molecule has 176 valence electrons. The van der Waals surface area contributed by atoms with E-state index in [1.54, 1.807) is 19.0 Å². The highest BCUT2D eigenvalue weighted by molar-refractivity contribution is 8.16. The van der Waals surface area contributed by atoms with Gasteiger partial charge in [0, 0.05) is 24.8 Å². The number of rotatable bonds is 6. The summed E-state index contributed by atoms with van der Waals surface area (Å²) in [5, 5.41) is 6.41. The number of nitrogens with zero attached hydrogens (tertiary/aromatic N) is 3. The zero-order valence-electron chi connectivity index (χ0n) is 19.6. The van der Waals surface area contributed by atoms with Crippen molar-refractivity contribution in [1.29, 1.82) is 0 Å². The summed E-state index contributed by atoms with van der Waals surface area (Å²) in [5.74, 6) is -0.204. The number of hydrogen-bond donors (Lipinski definition) is 1. The van der Waals surface area contributed by atoms with Crippen molar-refractivity contribution in [3.8, 4) is 0 Å². The van der Waals surface area contributed by atoms with Crippen LogP contribution in [0.2, 0.25) is 5.02 Å². The number of halogens is 1. The Morgan fingerprint density at radius 1 is 1.15 bits per heavy atom. The van der Waals surface area contributed by atoms with E-state index >= 15 is 0 Å². The Hall–Kier alpha value is -3.03. The average Bonchev–Trinajstić information content (AvgIpc) is 3.20. The first-order valence-corrected chi connectivity index (χ1v) is 12.3. The predicted octanol–water partition coefficient (Wildman–Crippen LogP) is 5.27. The van der Waals surface area contributed by atoms with Crippen molar-refractivity contribution in [1.82, 2.24) is 15.1 Å². The highest BCUT2D eigenvalue weighted by Gasteiger charge is 2.40. The summed E-state index contributed by atoms with van der Waals surface area (Å²) in [4.78, 5) is 34.5. The fourth-order valence-corrected chi connectivity index (χ4v) is 5.22. The molecular weight excluding hydrogens is 468 g/mol. The van der Waals surface area contributed by atoms with E-state index in [0.717, 1.165) is 22.0 Å². The van der Waals surface area contributed by atoms with Crippen LogP contribution in [0.25, 0.3) is 0 Å². The van der Waals surface area contributed by atoms with E-state index in [4.69, 9.17) is 16.6 Å². The van der Waals surface area contributed by atoms with E-state index in [0.29, 0.717) is 16.3 Å². The number of benzene rings is 2. The van der Waals surface area contributed by atoms with Gasteiger partial charge in [-0.1, -0.05) is 65.8 Å². The molecule has 2 aliphatic heterocycles. The molecule has 2 aromatic rings. The molecule has 0 saturated heterocycles. The van der Waals surface area contributed by atoms with Crippen LogP contribution in [0, 0.1) is 0 Å². The molecule has 0 unspecified atom stereocenters. The number of likely N-dealkylation sites (N-methyl/N-ethyl adjacent to an activating group) is 1. The van der Waals surface area contributed by atoms with Crippen LogP contribution < -0.4 is 5.32 Å². The van der Waals surface area contributed by atoms with Gasteiger partial charge in [0.2, 0.25) is 5.91 Å². The van der Waals surface area contributed by atoms with Crippen molar-refractivity contribution in [3.63, 3.8) is 0 Å². The van der Waals surface area contributed by atoms with Crippen LogP contribution in [-0.4, -0.2) is 40.9 Å². The number of amidine groups is 1. The molecular formula is C26H27ClN4O2S. The van der Waals surface area contributed by atoms with E-state index < -0.39 is 6.04 Å². The summed E-state index contributed by atoms with van der Waals surface area (Å²) in [6, 6.07) is 16.8. The van der Waals surface area contributed by atoms with Crippen molar-refractivity contribution < 1.29 is 9.59 Å². The number of hydrogen-bond acceptors (Lipinski definition) is 5. The lowest BCUT2D eigenvalue weighted by molar-refractivity contribution is -0.125. The van der Waals surface area contributed by atoms with E-state index in [9.17, 15) is 9.59 Å². The molecule has 0 saturated carbocycles. The van der Waals surface area contributed by atoms with Gasteiger partial charge in [0.25, 0.3) is 5.91 Å². The van der Waals surface area contributed by atoms with Crippen molar-refractivity contribution in [2.75, 3.05) is 14.1 Å². The van der Waals surface area contributed by atoms with Crippen LogP contribution in [0.4, 0.5) is 0 Å². The average molecular weight is 495 g/mol. The van der Waals surface area contributed by atoms with Crippen LogP contribution >= 0.6 is 23.4 Å². The molecule has 6 nitrogen and oxygen atoms in total. The van der Waals surface area contributed by atoms with Gasteiger partial charge in [0.1, 0.15) is 0 Å². The minimum Gasteiger partial charge on any atom is -0.349 e. The SMILES string of the molecule is CC1=C(C(=O)N(C)C)[C@@H](c2ccc(Cl)cc2)N2C(CC(=O)N[C@@H](C)c3ccccc3)=CSC2=N1. The first kappa shape index (κ1) is 24.1. The summed E-state index contributed by atoms with van der Waals surface area (Å²) >= 11 is 7.61. The highest BCUT2D eigenvalue weighted by Crippen LogP contribution is 2.45. The lowest BCUT2D eigenvalue weighted by Crippen LogP contribution is -2.40. The zero-order chi connectivity index (χ0) is 24.4. The molecule has 0 fully saturated rings. The molecule has 4 rings (SSSR count). The van der Waals surface area contributed by atoms with Crippen molar-refractivity contribution in [2.24, 2.45) is 4.99 Å². The van der Waals surface area contributed by atoms with Crippen LogP contribution in [0.3, 0.4) is 0 Å². The molecule has 34 heavy (non-hydrogen) atoms. The van der Waals surface area contributed by atoms with E-state index in [1.807, 2.05) is 78.8 Å². The largest absolute Gasteiger partial charge is 0.349 e. The lowest BCUT2D eigenvalue weighted by Gasteiger charge is -2.37. The molecule has 8 heteroatoms. The Morgan fingerprint density at radius 3 is 2.47 bits per heavy atom. The fraction of sp³-hybridized carbons (Fsp3) is 0.269. The molecule has 0 spiro atoms. The van der Waals surface area contributed by atoms with Gasteiger partial charge in [-0.15, -0.1) is 0 Å². The molecule has 0 radical (unpaired) electrons. The number of aliphatic imine (C=N–C) groups is 1. The second-order valence-electron chi connectivity index (χ2n) is 8.52. The van der Waals surface area contributed by atoms with Gasteiger partial charge in [-0.3, -0.25) is 9.59 Å². The number of thioether (sulfide) groups is 1. The summed E-state index contributed by atoms with van der Waals surface area (Å²) < 4.78 is 0. The lowest BCUT2D eigenvalue weighted by atomic mass is 9.93. The van der Waals surface area contributed by atoms with Gasteiger partial charge in [0.05, 0.1) is 29.8 Å². The number of allylic oxidation sites excluding steroid dienone is 1. The van der Waals surface area contributed by atoms with Crippen LogP contribution in [0.1, 0.15) is 43.5 Å². The maximum absolute atomic E-state index is 13.2. The first-order chi connectivity index (χ1) is 16.3. The molecule has 2 amide bonds. The third kappa shape index (κ3) is 4.91. The maximum atomic E-state index is 13.2. The normalized spacial score (nSPS) is 18.1. The minimum atomic E-state index is -0.403. The molecule has 2 aromatic carbocycles. The minimum absolute atomic E-state index is 0.0916. The van der Waals surface area contributed by atoms with Crippen molar-refractivity contribution in [2.45, 2.75) is 32.4 Å². The Morgan fingerprint density at radius 2 is 1.82 bits per heavy atom. The van der Waals surface area contributed by atoms with Crippen molar-refractivity contribution in [3.05, 3.63) is 93.1 Å². The Bertz CT molecular complexity index is 1190. The quantitative estimate of drug-likeness (QED) is 0.594. The van der Waals surface area contributed by atoms with Crippen LogP contribution in [0.15, 0.2) is 82.0 Å². The third-order valence-corrected chi connectivity index (χ3v) is 6.98. The number of carbonyl (C=O) groups is 2. The van der Waals surface area contributed by atoms with Gasteiger partial charge in [-0.25, -0.2) is 4.99 Å². The van der Waals surface area contributed by atoms with Gasteiger partial charge >= 0.3 is 0 Å². The number of amides is 2. The maximum Gasteiger partial charge on any atom is 0.253 e. The molecule has 0 aliphatic carbocycles. The molecule has 0 bridgehead atoms. The highest BCUT2D eigenvalue weighted by atomic mass is 35.5. The Labute approximate surface area is 209 Å². The van der Waals surface area contributed by atoms with Crippen LogP contribution in [0.5, 0.6) is 0 Å². The molecule has 2 atom stereocenters. The second-order valence-corrected chi connectivity index (χ2v) is 9.79. The summed E-state index contributed by atoms with van der Waals surface area (Å²) in [5.41, 5.74) is 4.02. The zero-order valence-corrected chi connectivity index (χ0v) is 21.2. The number of nitrogens with one attached hydrogen (secondary N) is 1. The standard InChI is InChI=1S/C26H27ClN4O2S/c1-16(18-8-6-5-7-9-18)28-22(32)14-21-15-34-26-29-17(2)23(25(33)30(3)4)24(31(21)26)19-10-12-20(27)13-11-19/h5-13,15-16,24H,14H2,1-4H3,(H,28,32)/t16-,24+/m0/s1. The molecule has 2 aliphatic rings. The number of fused-ring (bicyclic) bond motifs is 1. The Balaban J connectivity index is 1.63. The summed E-state index contributed by atoms with van der Waals surface area (Å²) in [7, 11) is 3.46. The molecule has 0 aromatic heterocycles. The van der Waals surface area contributed by atoms with E-state index in [2.05, 4.69) is 5.32 Å². The first-order valence-electron chi connectivity index (χ1n) is 11.0. The van der Waals surface area contributed by atoms with Gasteiger partial charge < -0.3 is 15.1 Å². The van der Waals surface area contributed by atoms with Gasteiger partial charge in [0.15, 0.2) is 5.17 Å². The van der Waals surface area contributed by atoms with E-state index in [1.165, 1.54) is 11.8 Å². The Kier molecular flexibility index (Phi) is 7.14. The summed E-state index contributed by atoms with van der Waals surface area (Å²) in [6.45, 7) is 3.83. The number of carbonyl (C=O) groups excluding carboxylic acids is 2. The van der Waals surface area contributed by atoms with Gasteiger partial charge in [-0.2, -0.15) is 0 Å². The third-order valence-electron chi connectivity index (χ3n) is 5.84. The fourth-order valence-electron chi connectivity index (χ4n) is 4.13. The van der Waals surface area contributed by atoms with Gasteiger partial charge in [-0.05, 0) is 42.5 Å². The van der Waals surface area contributed by atoms with E-state index in [-0.39, 0.29) is 24.3 Å². The summed E-state index contributed by atoms with van der Waals surface area (Å²) in [6.07, 6.45) is 0.176. The molecule has 2 heterocycles. The molecule has 1 N–H and O–H groups in total. The van der Waals surface area contributed by atoms with Crippen LogP contribution in [-0.2, 0) is 9.59 Å². The monoisotopic (exact) mass is 494 g/mol.